The van der Waals surface area contributed by atoms with Crippen LogP contribution in [0.5, 0.6) is 0 Å². The number of aromatic amines is 1. The molecule has 1 aromatic carbocycles. The summed E-state index contributed by atoms with van der Waals surface area (Å²) in [5.74, 6) is 0. The molecule has 1 atom stereocenters. The quantitative estimate of drug-likeness (QED) is 0.793. The first-order valence-corrected chi connectivity index (χ1v) is 6.61. The van der Waals surface area contributed by atoms with Gasteiger partial charge in [0.05, 0.1) is 11.0 Å². The van der Waals surface area contributed by atoms with Crippen molar-refractivity contribution in [3.05, 3.63) is 40.8 Å². The largest absolute Gasteiger partial charge is 0.367 e. The minimum atomic E-state index is 0.403. The molecule has 0 saturated carbocycles. The van der Waals surface area contributed by atoms with E-state index in [1.165, 1.54) is 11.1 Å². The zero-order valence-electron chi connectivity index (χ0n) is 10.7. The van der Waals surface area contributed by atoms with E-state index in [1.807, 2.05) is 0 Å². The molecule has 4 heteroatoms. The number of nitrogens with one attached hydrogen (secondary N) is 1. The van der Waals surface area contributed by atoms with Gasteiger partial charge in [0.2, 0.25) is 0 Å². The van der Waals surface area contributed by atoms with E-state index in [9.17, 15) is 0 Å². The van der Waals surface area contributed by atoms with Gasteiger partial charge in [0.1, 0.15) is 0 Å². The molecule has 0 amide bonds. The maximum atomic E-state index is 5.43. The average molecular weight is 259 g/mol. The van der Waals surface area contributed by atoms with Crippen LogP contribution in [0.3, 0.4) is 0 Å². The van der Waals surface area contributed by atoms with E-state index < -0.39 is 0 Å². The van der Waals surface area contributed by atoms with Gasteiger partial charge in [-0.2, -0.15) is 0 Å². The predicted molar refractivity (Wildman–Crippen MR) is 76.9 cm³/mol. The monoisotopic (exact) mass is 259 g/mol. The van der Waals surface area contributed by atoms with Crippen molar-refractivity contribution in [3.63, 3.8) is 0 Å². The predicted octanol–water partition coefficient (Wildman–Crippen LogP) is 3.44. The summed E-state index contributed by atoms with van der Waals surface area (Å²) in [7, 11) is 0. The highest BCUT2D eigenvalue weighted by atomic mass is 32.1. The summed E-state index contributed by atoms with van der Waals surface area (Å²) >= 11 is 5.43. The fourth-order valence-electron chi connectivity index (χ4n) is 2.81. The molecule has 0 spiro atoms. The first kappa shape index (κ1) is 11.5. The van der Waals surface area contributed by atoms with Crippen LogP contribution in [0.25, 0.3) is 11.0 Å². The Morgan fingerprint density at radius 2 is 2.28 bits per heavy atom. The molecular weight excluding hydrogens is 242 g/mol. The standard InChI is InChI=1S/C14H17N3S/c1-9(2)16-8-11-5-4-6-12-13(11)17(7-10(16)3)14(18)15-12/h4-6,10H,1,7-8H2,2-3H3,(H,15,18)/t10-/m0/s1. The van der Waals surface area contributed by atoms with Crippen LogP contribution in [-0.4, -0.2) is 20.5 Å². The Labute approximate surface area is 112 Å². The van der Waals surface area contributed by atoms with E-state index in [2.05, 4.69) is 53.1 Å². The number of aromatic nitrogens is 2. The van der Waals surface area contributed by atoms with Gasteiger partial charge in [0.25, 0.3) is 0 Å². The number of allylic oxidation sites excluding steroid dienone is 1. The lowest BCUT2D eigenvalue weighted by molar-refractivity contribution is 0.246. The van der Waals surface area contributed by atoms with Crippen molar-refractivity contribution in [1.29, 1.82) is 0 Å². The van der Waals surface area contributed by atoms with E-state index in [1.54, 1.807) is 0 Å². The van der Waals surface area contributed by atoms with Gasteiger partial charge >= 0.3 is 0 Å². The van der Waals surface area contributed by atoms with Crippen LogP contribution in [0, 0.1) is 4.77 Å². The molecule has 0 unspecified atom stereocenters. The van der Waals surface area contributed by atoms with E-state index >= 15 is 0 Å². The highest BCUT2D eigenvalue weighted by Gasteiger charge is 2.22. The first-order valence-electron chi connectivity index (χ1n) is 6.20. The van der Waals surface area contributed by atoms with Gasteiger partial charge in [-0.05, 0) is 37.7 Å². The van der Waals surface area contributed by atoms with Gasteiger partial charge in [-0.25, -0.2) is 0 Å². The molecule has 1 N–H and O–H groups in total. The van der Waals surface area contributed by atoms with E-state index in [4.69, 9.17) is 12.2 Å². The molecule has 0 bridgehead atoms. The van der Waals surface area contributed by atoms with Crippen LogP contribution in [-0.2, 0) is 13.1 Å². The summed E-state index contributed by atoms with van der Waals surface area (Å²) in [6, 6.07) is 6.75. The van der Waals surface area contributed by atoms with Crippen LogP contribution in [0.2, 0.25) is 0 Å². The third-order valence-corrected chi connectivity index (χ3v) is 4.01. The number of para-hydroxylation sites is 1. The number of benzene rings is 1. The number of hydrogen-bond acceptors (Lipinski definition) is 2. The lowest BCUT2D eigenvalue weighted by Gasteiger charge is -2.29. The molecular formula is C14H17N3S. The Balaban J connectivity index is 2.26. The van der Waals surface area contributed by atoms with Crippen molar-refractivity contribution >= 4 is 23.3 Å². The lowest BCUT2D eigenvalue weighted by Crippen LogP contribution is -2.32. The molecule has 0 fully saturated rings. The highest BCUT2D eigenvalue weighted by Crippen LogP contribution is 2.27. The summed E-state index contributed by atoms with van der Waals surface area (Å²) < 4.78 is 3.03. The number of rotatable bonds is 1. The van der Waals surface area contributed by atoms with Crippen molar-refractivity contribution in [2.45, 2.75) is 33.0 Å². The number of hydrogen-bond donors (Lipinski definition) is 1. The summed E-state index contributed by atoms with van der Waals surface area (Å²) in [6.45, 7) is 10.2. The molecule has 0 radical (unpaired) electrons. The molecule has 0 saturated heterocycles. The van der Waals surface area contributed by atoms with Crippen molar-refractivity contribution in [1.82, 2.24) is 14.5 Å². The molecule has 3 nitrogen and oxygen atoms in total. The van der Waals surface area contributed by atoms with E-state index in [-0.39, 0.29) is 0 Å². The van der Waals surface area contributed by atoms with Crippen LogP contribution < -0.4 is 0 Å². The molecule has 0 aliphatic carbocycles. The van der Waals surface area contributed by atoms with E-state index in [0.717, 1.165) is 29.1 Å². The molecule has 1 aliphatic rings. The number of imidazole rings is 1. The Morgan fingerprint density at radius 1 is 1.50 bits per heavy atom. The molecule has 2 heterocycles. The zero-order chi connectivity index (χ0) is 12.9. The lowest BCUT2D eigenvalue weighted by atomic mass is 10.1. The van der Waals surface area contributed by atoms with Gasteiger partial charge in [0, 0.05) is 24.8 Å². The molecule has 18 heavy (non-hydrogen) atoms. The van der Waals surface area contributed by atoms with Crippen LogP contribution in [0.1, 0.15) is 19.4 Å². The van der Waals surface area contributed by atoms with Crippen LogP contribution in [0.15, 0.2) is 30.5 Å². The fraction of sp³-hybridized carbons (Fsp3) is 0.357. The maximum Gasteiger partial charge on any atom is 0.178 e. The summed E-state index contributed by atoms with van der Waals surface area (Å²) in [5.41, 5.74) is 4.80. The number of nitrogens with zero attached hydrogens (tertiary/aromatic N) is 2. The topological polar surface area (TPSA) is 24.0 Å². The molecule has 1 aromatic heterocycles. The molecule has 94 valence electrons. The van der Waals surface area contributed by atoms with Crippen molar-refractivity contribution in [2.24, 2.45) is 0 Å². The van der Waals surface area contributed by atoms with Gasteiger partial charge < -0.3 is 14.5 Å². The third-order valence-electron chi connectivity index (χ3n) is 3.69. The Morgan fingerprint density at radius 3 is 3.00 bits per heavy atom. The van der Waals surface area contributed by atoms with Gasteiger partial charge in [-0.3, -0.25) is 0 Å². The molecule has 1 aliphatic heterocycles. The minimum absolute atomic E-state index is 0.403. The SMILES string of the molecule is C=C(C)N1Cc2cccc3[nH]c(=S)n(c23)C[C@@H]1C. The first-order chi connectivity index (χ1) is 8.58. The zero-order valence-corrected chi connectivity index (χ0v) is 11.5. The summed E-state index contributed by atoms with van der Waals surface area (Å²) in [4.78, 5) is 5.63. The average Bonchev–Trinajstić information content (AvgIpc) is 2.54. The van der Waals surface area contributed by atoms with Crippen molar-refractivity contribution < 1.29 is 0 Å². The van der Waals surface area contributed by atoms with Crippen LogP contribution >= 0.6 is 12.2 Å². The van der Waals surface area contributed by atoms with Gasteiger partial charge in [-0.15, -0.1) is 0 Å². The second-order valence-electron chi connectivity index (χ2n) is 5.07. The van der Waals surface area contributed by atoms with Crippen molar-refractivity contribution in [2.75, 3.05) is 0 Å². The second-order valence-corrected chi connectivity index (χ2v) is 5.45. The third kappa shape index (κ3) is 1.60. The maximum absolute atomic E-state index is 5.43. The number of H-pyrrole nitrogens is 1. The second kappa shape index (κ2) is 3.99. The Kier molecular flexibility index (Phi) is 2.55. The Bertz CT molecular complexity index is 680. The normalized spacial score (nSPS) is 19.0. The Hall–Kier alpha value is -1.55. The smallest absolute Gasteiger partial charge is 0.178 e. The van der Waals surface area contributed by atoms with Crippen LogP contribution in [0.4, 0.5) is 0 Å². The van der Waals surface area contributed by atoms with E-state index in [0.29, 0.717) is 6.04 Å². The summed E-state index contributed by atoms with van der Waals surface area (Å²) in [5, 5.41) is 0. The van der Waals surface area contributed by atoms with Gasteiger partial charge in [0.15, 0.2) is 4.77 Å². The molecule has 3 rings (SSSR count). The highest BCUT2D eigenvalue weighted by molar-refractivity contribution is 7.71. The van der Waals surface area contributed by atoms with Crippen molar-refractivity contribution in [3.8, 4) is 0 Å². The minimum Gasteiger partial charge on any atom is -0.367 e. The fourth-order valence-corrected chi connectivity index (χ4v) is 3.09. The molecule has 2 aromatic rings. The summed E-state index contributed by atoms with van der Waals surface area (Å²) in [6.07, 6.45) is 0. The van der Waals surface area contributed by atoms with Gasteiger partial charge in [-0.1, -0.05) is 18.7 Å².